The Hall–Kier alpha value is -3.04. The van der Waals surface area contributed by atoms with E-state index in [0.717, 1.165) is 25.9 Å². The highest BCUT2D eigenvalue weighted by atomic mass is 35.5. The van der Waals surface area contributed by atoms with Gasteiger partial charge in [-0.2, -0.15) is 4.98 Å². The van der Waals surface area contributed by atoms with E-state index in [4.69, 9.17) is 16.1 Å². The van der Waals surface area contributed by atoms with Crippen LogP contribution in [-0.2, 0) is 11.3 Å². The minimum absolute atomic E-state index is 0.0175. The first-order valence-electron chi connectivity index (χ1n) is 10.8. The number of aryl methyl sites for hydroxylation is 1. The van der Waals surface area contributed by atoms with E-state index in [1.807, 2.05) is 30.0 Å². The van der Waals surface area contributed by atoms with Gasteiger partial charge < -0.3 is 9.42 Å². The molecule has 0 bridgehead atoms. The summed E-state index contributed by atoms with van der Waals surface area (Å²) in [5.41, 5.74) is 1.12. The molecular weight excluding hydrogens is 462 g/mol. The number of aromatic nitrogens is 4. The molecule has 3 aromatic heterocycles. The number of benzene rings is 1. The van der Waals surface area contributed by atoms with Gasteiger partial charge in [-0.1, -0.05) is 35.8 Å². The van der Waals surface area contributed by atoms with E-state index in [2.05, 4.69) is 22.0 Å². The molecule has 4 heterocycles. The summed E-state index contributed by atoms with van der Waals surface area (Å²) in [7, 11) is 0. The second-order valence-corrected chi connectivity index (χ2v) is 9.81. The summed E-state index contributed by atoms with van der Waals surface area (Å²) < 4.78 is 6.87. The predicted molar refractivity (Wildman–Crippen MR) is 127 cm³/mol. The van der Waals surface area contributed by atoms with Crippen molar-refractivity contribution in [2.45, 2.75) is 33.2 Å². The summed E-state index contributed by atoms with van der Waals surface area (Å²) in [4.78, 5) is 38.0. The molecule has 5 rings (SSSR count). The van der Waals surface area contributed by atoms with Crippen molar-refractivity contribution in [3.8, 4) is 22.2 Å². The third kappa shape index (κ3) is 4.06. The van der Waals surface area contributed by atoms with Gasteiger partial charge in [-0.3, -0.25) is 14.2 Å². The van der Waals surface area contributed by atoms with Crippen molar-refractivity contribution < 1.29 is 9.32 Å². The van der Waals surface area contributed by atoms with E-state index in [1.165, 1.54) is 22.2 Å². The lowest BCUT2D eigenvalue weighted by molar-refractivity contribution is -0.133. The second-order valence-electron chi connectivity index (χ2n) is 8.40. The molecule has 0 aliphatic carbocycles. The summed E-state index contributed by atoms with van der Waals surface area (Å²) in [5.74, 6) is 1.10. The predicted octanol–water partition coefficient (Wildman–Crippen LogP) is 4.40. The van der Waals surface area contributed by atoms with Crippen LogP contribution in [0.4, 0.5) is 0 Å². The van der Waals surface area contributed by atoms with Crippen molar-refractivity contribution in [3.05, 3.63) is 51.5 Å². The number of carbonyl (C=O) groups excluding carboxylic acids is 1. The van der Waals surface area contributed by atoms with Crippen LogP contribution < -0.4 is 5.56 Å². The smallest absolute Gasteiger partial charge is 0.268 e. The van der Waals surface area contributed by atoms with E-state index in [9.17, 15) is 9.59 Å². The number of thiophene rings is 1. The normalized spacial score (nSPS) is 16.5. The minimum atomic E-state index is -0.246. The van der Waals surface area contributed by atoms with Gasteiger partial charge in [0.05, 0.1) is 21.6 Å². The quantitative estimate of drug-likeness (QED) is 0.427. The van der Waals surface area contributed by atoms with Crippen LogP contribution in [0.3, 0.4) is 0 Å². The maximum atomic E-state index is 13.2. The van der Waals surface area contributed by atoms with E-state index < -0.39 is 0 Å². The molecule has 0 N–H and O–H groups in total. The van der Waals surface area contributed by atoms with Gasteiger partial charge in [0.25, 0.3) is 11.4 Å². The van der Waals surface area contributed by atoms with E-state index in [0.29, 0.717) is 48.9 Å². The number of piperidine rings is 1. The van der Waals surface area contributed by atoms with Crippen molar-refractivity contribution >= 4 is 39.1 Å². The SMILES string of the molecule is Cc1c(-c2nc(-c3ccccc3Cl)no2)sc2ncn(CC(=O)N3CCC[C@@H](C)C3)c(=O)c12. The van der Waals surface area contributed by atoms with Crippen molar-refractivity contribution in [3.63, 3.8) is 0 Å². The van der Waals surface area contributed by atoms with Crippen LogP contribution in [0.1, 0.15) is 25.3 Å². The number of carbonyl (C=O) groups is 1. The molecule has 4 aromatic rings. The third-order valence-electron chi connectivity index (χ3n) is 5.97. The Bertz CT molecular complexity index is 1410. The molecule has 1 aliphatic rings. The van der Waals surface area contributed by atoms with Crippen LogP contribution >= 0.6 is 22.9 Å². The van der Waals surface area contributed by atoms with Crippen molar-refractivity contribution in [2.75, 3.05) is 13.1 Å². The van der Waals surface area contributed by atoms with Crippen molar-refractivity contribution in [1.82, 2.24) is 24.6 Å². The molecule has 1 saturated heterocycles. The Labute approximate surface area is 198 Å². The maximum absolute atomic E-state index is 13.2. The second kappa shape index (κ2) is 8.72. The van der Waals surface area contributed by atoms with Gasteiger partial charge in [0.15, 0.2) is 0 Å². The number of hydrogen-bond acceptors (Lipinski definition) is 7. The first-order valence-corrected chi connectivity index (χ1v) is 12.0. The molecular formula is C23H22ClN5O3S. The molecule has 0 radical (unpaired) electrons. The van der Waals surface area contributed by atoms with Gasteiger partial charge in [-0.25, -0.2) is 4.98 Å². The number of fused-ring (bicyclic) bond motifs is 1. The molecule has 0 spiro atoms. The molecule has 1 aliphatic heterocycles. The highest BCUT2D eigenvalue weighted by molar-refractivity contribution is 7.22. The largest absolute Gasteiger partial charge is 0.341 e. The van der Waals surface area contributed by atoms with Crippen LogP contribution in [-0.4, -0.2) is 43.6 Å². The average molecular weight is 484 g/mol. The van der Waals surface area contributed by atoms with Gasteiger partial charge in [0.2, 0.25) is 11.7 Å². The van der Waals surface area contributed by atoms with Crippen LogP contribution in [0.5, 0.6) is 0 Å². The third-order valence-corrected chi connectivity index (χ3v) is 7.49. The lowest BCUT2D eigenvalue weighted by Gasteiger charge is -2.31. The van der Waals surface area contributed by atoms with E-state index >= 15 is 0 Å². The Balaban J connectivity index is 1.47. The average Bonchev–Trinajstić information content (AvgIpc) is 3.41. The number of rotatable bonds is 4. The fraction of sp³-hybridized carbons (Fsp3) is 0.348. The maximum Gasteiger partial charge on any atom is 0.268 e. The summed E-state index contributed by atoms with van der Waals surface area (Å²) in [6.45, 7) is 5.42. The van der Waals surface area contributed by atoms with Crippen molar-refractivity contribution in [2.24, 2.45) is 5.92 Å². The monoisotopic (exact) mass is 483 g/mol. The zero-order chi connectivity index (χ0) is 23.1. The van der Waals surface area contributed by atoms with Gasteiger partial charge in [-0.05, 0) is 43.4 Å². The lowest BCUT2D eigenvalue weighted by Crippen LogP contribution is -2.42. The molecule has 1 atom stereocenters. The van der Waals surface area contributed by atoms with Crippen LogP contribution in [0, 0.1) is 12.8 Å². The highest BCUT2D eigenvalue weighted by Crippen LogP contribution is 2.36. The molecule has 170 valence electrons. The first kappa shape index (κ1) is 21.8. The zero-order valence-electron chi connectivity index (χ0n) is 18.2. The van der Waals surface area contributed by atoms with Gasteiger partial charge >= 0.3 is 0 Å². The highest BCUT2D eigenvalue weighted by Gasteiger charge is 2.24. The van der Waals surface area contributed by atoms with E-state index in [-0.39, 0.29) is 18.0 Å². The topological polar surface area (TPSA) is 94.1 Å². The minimum Gasteiger partial charge on any atom is -0.341 e. The molecule has 0 unspecified atom stereocenters. The fourth-order valence-corrected chi connectivity index (χ4v) is 5.49. The summed E-state index contributed by atoms with van der Waals surface area (Å²) in [5, 5.41) is 5.05. The number of likely N-dealkylation sites (tertiary alicyclic amines) is 1. The Morgan fingerprint density at radius 3 is 2.94 bits per heavy atom. The molecule has 10 heteroatoms. The molecule has 8 nitrogen and oxygen atoms in total. The number of amides is 1. The molecule has 1 amide bonds. The standard InChI is InChI=1S/C23H22ClN5O3S/c1-13-6-5-9-28(10-13)17(30)11-29-12-25-22-18(23(29)31)14(2)19(33-22)21-26-20(27-32-21)15-7-3-4-8-16(15)24/h3-4,7-8,12-13H,5-6,9-11H2,1-2H3/t13-/m1/s1. The molecule has 0 saturated carbocycles. The number of hydrogen-bond donors (Lipinski definition) is 0. The summed E-state index contributed by atoms with van der Waals surface area (Å²) in [6, 6.07) is 7.25. The lowest BCUT2D eigenvalue weighted by atomic mass is 10.0. The fourth-order valence-electron chi connectivity index (χ4n) is 4.21. The van der Waals surface area contributed by atoms with Gasteiger partial charge in [0, 0.05) is 18.7 Å². The molecule has 1 aromatic carbocycles. The Morgan fingerprint density at radius 2 is 2.15 bits per heavy atom. The Kier molecular flexibility index (Phi) is 5.76. The number of nitrogens with zero attached hydrogens (tertiary/aromatic N) is 5. The van der Waals surface area contributed by atoms with Crippen LogP contribution in [0.15, 0.2) is 39.9 Å². The van der Waals surface area contributed by atoms with Gasteiger partial charge in [-0.15, -0.1) is 11.3 Å². The molecule has 33 heavy (non-hydrogen) atoms. The van der Waals surface area contributed by atoms with E-state index in [1.54, 1.807) is 6.07 Å². The summed E-state index contributed by atoms with van der Waals surface area (Å²) >= 11 is 7.56. The van der Waals surface area contributed by atoms with Crippen LogP contribution in [0.2, 0.25) is 5.02 Å². The Morgan fingerprint density at radius 1 is 1.33 bits per heavy atom. The number of halogens is 1. The van der Waals surface area contributed by atoms with Crippen molar-refractivity contribution in [1.29, 1.82) is 0 Å². The van der Waals surface area contributed by atoms with Crippen LogP contribution in [0.25, 0.3) is 32.4 Å². The van der Waals surface area contributed by atoms with Gasteiger partial charge in [0.1, 0.15) is 11.4 Å². The summed E-state index contributed by atoms with van der Waals surface area (Å²) in [6.07, 6.45) is 3.56. The first-order chi connectivity index (χ1) is 15.9. The molecule has 1 fully saturated rings. The zero-order valence-corrected chi connectivity index (χ0v) is 19.8.